The number of rotatable bonds is 7. The fourth-order valence-electron chi connectivity index (χ4n) is 4.86. The zero-order chi connectivity index (χ0) is 26.8. The molecule has 3 heterocycles. The lowest BCUT2D eigenvalue weighted by Gasteiger charge is -2.29. The van der Waals surface area contributed by atoms with E-state index in [9.17, 15) is 0 Å². The van der Waals surface area contributed by atoms with Crippen LogP contribution in [0.1, 0.15) is 23.5 Å². The highest BCUT2D eigenvalue weighted by molar-refractivity contribution is 9.10. The predicted octanol–water partition coefficient (Wildman–Crippen LogP) is 7.61. The molecule has 194 valence electrons. The minimum Gasteiger partial charge on any atom is -0.497 e. The Morgan fingerprint density at radius 2 is 1.46 bits per heavy atom. The largest absolute Gasteiger partial charge is 0.497 e. The van der Waals surface area contributed by atoms with Crippen LogP contribution in [0, 0.1) is 0 Å². The molecule has 1 fully saturated rings. The van der Waals surface area contributed by atoms with E-state index in [-0.39, 0.29) is 12.1 Å². The third kappa shape index (κ3) is 5.13. The predicted molar refractivity (Wildman–Crippen MR) is 161 cm³/mol. The van der Waals surface area contributed by atoms with Crippen molar-refractivity contribution in [2.24, 2.45) is 0 Å². The van der Waals surface area contributed by atoms with Crippen LogP contribution in [-0.4, -0.2) is 21.8 Å². The second kappa shape index (κ2) is 10.9. The maximum absolute atomic E-state index is 6.06. The Balaban J connectivity index is 1.36. The molecule has 2 atom stereocenters. The first kappa shape index (κ1) is 25.2. The molecule has 0 aliphatic carbocycles. The van der Waals surface area contributed by atoms with Crippen molar-refractivity contribution in [3.8, 4) is 22.9 Å². The minimum absolute atomic E-state index is 0.139. The van der Waals surface area contributed by atoms with Gasteiger partial charge < -0.3 is 24.3 Å². The first-order valence-corrected chi connectivity index (χ1v) is 13.7. The standard InChI is InChI=1S/C31H25BrN4O2S/c1-37-24-15-17-26(18-16-24)38-25-13-11-23(12-14-25)36-30(29(34-31(36)39)27-5-2-3-19-33-27)28-6-4-20-35(28)22-9-7-21(32)8-10-22/h2-20,29-30H,1H3,(H,34,39)/t29-,30+/m0/s1. The molecule has 0 bridgehead atoms. The van der Waals surface area contributed by atoms with Gasteiger partial charge in [-0.05, 0) is 109 Å². The molecule has 8 heteroatoms. The van der Waals surface area contributed by atoms with E-state index < -0.39 is 0 Å². The lowest BCUT2D eigenvalue weighted by molar-refractivity contribution is 0.413. The van der Waals surface area contributed by atoms with Gasteiger partial charge in [0.15, 0.2) is 5.11 Å². The Bertz CT molecular complexity index is 1570. The van der Waals surface area contributed by atoms with Gasteiger partial charge in [0.2, 0.25) is 0 Å². The molecule has 6 rings (SSSR count). The maximum Gasteiger partial charge on any atom is 0.174 e. The van der Waals surface area contributed by atoms with Crippen molar-refractivity contribution in [1.82, 2.24) is 14.9 Å². The van der Waals surface area contributed by atoms with Crippen LogP contribution in [0.3, 0.4) is 0 Å². The van der Waals surface area contributed by atoms with Crippen molar-refractivity contribution >= 4 is 38.9 Å². The van der Waals surface area contributed by atoms with E-state index in [1.807, 2.05) is 85.1 Å². The molecule has 5 aromatic rings. The van der Waals surface area contributed by atoms with Crippen LogP contribution in [0.4, 0.5) is 5.69 Å². The molecule has 0 radical (unpaired) electrons. The number of halogens is 1. The van der Waals surface area contributed by atoms with Gasteiger partial charge in [0.25, 0.3) is 0 Å². The fraction of sp³-hybridized carbons (Fsp3) is 0.0968. The zero-order valence-electron chi connectivity index (χ0n) is 21.1. The van der Waals surface area contributed by atoms with Crippen LogP contribution in [0.5, 0.6) is 17.2 Å². The summed E-state index contributed by atoms with van der Waals surface area (Å²) in [6.07, 6.45) is 3.90. The number of aromatic nitrogens is 2. The Hall–Kier alpha value is -4.14. The fourth-order valence-corrected chi connectivity index (χ4v) is 5.47. The third-order valence-electron chi connectivity index (χ3n) is 6.70. The van der Waals surface area contributed by atoms with Crippen LogP contribution in [0.2, 0.25) is 0 Å². The molecule has 0 spiro atoms. The summed E-state index contributed by atoms with van der Waals surface area (Å²) in [6.45, 7) is 0. The van der Waals surface area contributed by atoms with Gasteiger partial charge in [0.1, 0.15) is 23.3 Å². The summed E-state index contributed by atoms with van der Waals surface area (Å²) in [5.41, 5.74) is 4.05. The molecular formula is C31H25BrN4O2S. The minimum atomic E-state index is -0.141. The van der Waals surface area contributed by atoms with Gasteiger partial charge in [-0.2, -0.15) is 0 Å². The summed E-state index contributed by atoms with van der Waals surface area (Å²) in [4.78, 5) is 6.84. The SMILES string of the molecule is COc1ccc(Oc2ccc(N3C(=S)N[C@@H](c4ccccn4)[C@H]3c3cccn3-c3ccc(Br)cc3)cc2)cc1. The number of thiocarbonyl (C=S) groups is 1. The van der Waals surface area contributed by atoms with Gasteiger partial charge in [-0.3, -0.25) is 4.98 Å². The molecule has 0 unspecified atom stereocenters. The molecule has 1 aliphatic rings. The normalized spacial score (nSPS) is 16.7. The summed E-state index contributed by atoms with van der Waals surface area (Å²) < 4.78 is 14.5. The zero-order valence-corrected chi connectivity index (χ0v) is 23.5. The number of nitrogens with one attached hydrogen (secondary N) is 1. The van der Waals surface area contributed by atoms with Gasteiger partial charge in [-0.1, -0.05) is 22.0 Å². The topological polar surface area (TPSA) is 51.6 Å². The first-order chi connectivity index (χ1) is 19.1. The lowest BCUT2D eigenvalue weighted by Crippen LogP contribution is -2.30. The van der Waals surface area contributed by atoms with E-state index in [0.29, 0.717) is 5.11 Å². The average molecular weight is 598 g/mol. The van der Waals surface area contributed by atoms with Gasteiger partial charge in [-0.15, -0.1) is 0 Å². The number of nitrogens with zero attached hydrogens (tertiary/aromatic N) is 3. The summed E-state index contributed by atoms with van der Waals surface area (Å²) in [5, 5.41) is 4.18. The van der Waals surface area contributed by atoms with Gasteiger partial charge >= 0.3 is 0 Å². The van der Waals surface area contributed by atoms with Crippen LogP contribution >= 0.6 is 28.1 Å². The van der Waals surface area contributed by atoms with E-state index in [0.717, 1.165) is 44.5 Å². The van der Waals surface area contributed by atoms with Crippen molar-refractivity contribution in [2.45, 2.75) is 12.1 Å². The summed E-state index contributed by atoms with van der Waals surface area (Å²) in [7, 11) is 1.65. The first-order valence-electron chi connectivity index (χ1n) is 12.5. The van der Waals surface area contributed by atoms with Crippen LogP contribution in [0.25, 0.3) is 5.69 Å². The Morgan fingerprint density at radius 3 is 2.13 bits per heavy atom. The van der Waals surface area contributed by atoms with Crippen molar-refractivity contribution in [3.63, 3.8) is 0 Å². The summed E-state index contributed by atoms with van der Waals surface area (Å²) in [6, 6.07) is 33.7. The van der Waals surface area contributed by atoms with E-state index in [4.69, 9.17) is 21.7 Å². The van der Waals surface area contributed by atoms with Crippen LogP contribution < -0.4 is 19.7 Å². The summed E-state index contributed by atoms with van der Waals surface area (Å²) >= 11 is 9.46. The van der Waals surface area contributed by atoms with E-state index >= 15 is 0 Å². The van der Waals surface area contributed by atoms with Crippen molar-refractivity contribution in [3.05, 3.63) is 131 Å². The highest BCUT2D eigenvalue weighted by atomic mass is 79.9. The van der Waals surface area contributed by atoms with Gasteiger partial charge in [0.05, 0.1) is 18.8 Å². The third-order valence-corrected chi connectivity index (χ3v) is 7.54. The van der Waals surface area contributed by atoms with Crippen LogP contribution in [0.15, 0.2) is 120 Å². The molecule has 3 aromatic carbocycles. The van der Waals surface area contributed by atoms with E-state index in [1.54, 1.807) is 7.11 Å². The maximum atomic E-state index is 6.06. The van der Waals surface area contributed by atoms with Crippen molar-refractivity contribution in [1.29, 1.82) is 0 Å². The quantitative estimate of drug-likeness (QED) is 0.195. The lowest BCUT2D eigenvalue weighted by atomic mass is 10.0. The smallest absolute Gasteiger partial charge is 0.174 e. The number of anilines is 1. The molecule has 39 heavy (non-hydrogen) atoms. The Morgan fingerprint density at radius 1 is 0.795 bits per heavy atom. The number of benzene rings is 3. The second-order valence-corrected chi connectivity index (χ2v) is 10.3. The van der Waals surface area contributed by atoms with Gasteiger partial charge in [0, 0.05) is 33.9 Å². The molecule has 2 aromatic heterocycles. The second-order valence-electron chi connectivity index (χ2n) is 9.05. The highest BCUT2D eigenvalue weighted by Crippen LogP contribution is 2.42. The van der Waals surface area contributed by atoms with E-state index in [2.05, 4.69) is 66.2 Å². The molecule has 1 aliphatic heterocycles. The summed E-state index contributed by atoms with van der Waals surface area (Å²) in [5.74, 6) is 2.26. The number of pyridine rings is 1. The van der Waals surface area contributed by atoms with Crippen molar-refractivity contribution < 1.29 is 9.47 Å². The highest BCUT2D eigenvalue weighted by Gasteiger charge is 2.42. The number of hydrogen-bond acceptors (Lipinski definition) is 4. The average Bonchev–Trinajstić information content (AvgIpc) is 3.59. The Labute approximate surface area is 241 Å². The molecule has 0 amide bonds. The monoisotopic (exact) mass is 596 g/mol. The molecule has 1 saturated heterocycles. The van der Waals surface area contributed by atoms with Crippen LogP contribution in [-0.2, 0) is 0 Å². The molecule has 1 N–H and O–H groups in total. The number of hydrogen-bond donors (Lipinski definition) is 1. The van der Waals surface area contributed by atoms with Crippen molar-refractivity contribution in [2.75, 3.05) is 12.0 Å². The molecular weight excluding hydrogens is 572 g/mol. The number of ether oxygens (including phenoxy) is 2. The number of methoxy groups -OCH3 is 1. The van der Waals surface area contributed by atoms with Gasteiger partial charge in [-0.25, -0.2) is 0 Å². The molecule has 6 nitrogen and oxygen atoms in total. The molecule has 0 saturated carbocycles. The van der Waals surface area contributed by atoms with E-state index in [1.165, 1.54) is 0 Å². The Kier molecular flexibility index (Phi) is 7.04.